The van der Waals surface area contributed by atoms with Gasteiger partial charge in [-0.05, 0) is 48.7 Å². The predicted octanol–water partition coefficient (Wildman–Crippen LogP) is 8.05. The molecule has 0 saturated heterocycles. The summed E-state index contributed by atoms with van der Waals surface area (Å²) in [5.41, 5.74) is 2.68. The van der Waals surface area contributed by atoms with E-state index in [-0.39, 0.29) is 28.2 Å². The number of hydrogen-bond donors (Lipinski definition) is 1. The van der Waals surface area contributed by atoms with Crippen LogP contribution in [0.2, 0.25) is 15.1 Å². The molecule has 1 heterocycles. The van der Waals surface area contributed by atoms with Gasteiger partial charge in [-0.2, -0.15) is 0 Å². The van der Waals surface area contributed by atoms with Crippen molar-refractivity contribution in [2.24, 2.45) is 0 Å². The molecule has 0 aliphatic heterocycles. The van der Waals surface area contributed by atoms with Gasteiger partial charge in [-0.1, -0.05) is 78.6 Å². The summed E-state index contributed by atoms with van der Waals surface area (Å²) in [5, 5.41) is 23.4. The molecular formula is C26H22Cl3N5O3S. The first-order valence-corrected chi connectivity index (χ1v) is 13.5. The van der Waals surface area contributed by atoms with Crippen molar-refractivity contribution in [1.29, 1.82) is 0 Å². The number of nitrogens with zero attached hydrogens (tertiary/aromatic N) is 4. The summed E-state index contributed by atoms with van der Waals surface area (Å²) < 4.78 is 1.89. The van der Waals surface area contributed by atoms with Crippen molar-refractivity contribution in [3.63, 3.8) is 0 Å². The van der Waals surface area contributed by atoms with E-state index < -0.39 is 10.2 Å². The number of nitro groups is 1. The van der Waals surface area contributed by atoms with E-state index in [9.17, 15) is 14.9 Å². The minimum absolute atomic E-state index is 0.0680. The molecule has 0 saturated carbocycles. The fourth-order valence-electron chi connectivity index (χ4n) is 3.75. The van der Waals surface area contributed by atoms with Gasteiger partial charge in [0.2, 0.25) is 5.91 Å². The molecule has 3 aromatic carbocycles. The molecule has 0 aliphatic rings. The van der Waals surface area contributed by atoms with Crippen molar-refractivity contribution in [2.45, 2.75) is 37.1 Å². The Balaban J connectivity index is 1.71. The normalized spacial score (nSPS) is 12.0. The van der Waals surface area contributed by atoms with Gasteiger partial charge in [0.1, 0.15) is 0 Å². The summed E-state index contributed by atoms with van der Waals surface area (Å²) in [6.07, 6.45) is 0. The van der Waals surface area contributed by atoms with Crippen LogP contribution in [0.4, 0.5) is 11.4 Å². The van der Waals surface area contributed by atoms with Crippen LogP contribution >= 0.6 is 46.6 Å². The Kier molecular flexibility index (Phi) is 8.62. The van der Waals surface area contributed by atoms with Crippen molar-refractivity contribution in [3.05, 3.63) is 91.4 Å². The number of non-ortho nitro benzene ring substituents is 1. The molecule has 4 rings (SSSR count). The van der Waals surface area contributed by atoms with Crippen LogP contribution in [-0.4, -0.2) is 30.8 Å². The number of hydrogen-bond acceptors (Lipinski definition) is 6. The average molecular weight is 591 g/mol. The Labute approximate surface area is 238 Å². The van der Waals surface area contributed by atoms with E-state index in [1.165, 1.54) is 30.0 Å². The summed E-state index contributed by atoms with van der Waals surface area (Å²) in [6.45, 7) is 5.91. The highest BCUT2D eigenvalue weighted by Crippen LogP contribution is 2.37. The number of carbonyl (C=O) groups excluding carboxylic acids is 1. The quantitative estimate of drug-likeness (QED) is 0.127. The van der Waals surface area contributed by atoms with Gasteiger partial charge in [0.15, 0.2) is 11.0 Å². The van der Waals surface area contributed by atoms with Gasteiger partial charge >= 0.3 is 0 Å². The molecule has 1 N–H and O–H groups in total. The van der Waals surface area contributed by atoms with Gasteiger partial charge in [-0.15, -0.1) is 10.2 Å². The smallest absolute Gasteiger partial charge is 0.271 e. The van der Waals surface area contributed by atoms with Crippen molar-refractivity contribution >= 4 is 63.8 Å². The molecule has 196 valence electrons. The van der Waals surface area contributed by atoms with E-state index in [0.717, 1.165) is 11.3 Å². The molecule has 12 heteroatoms. The van der Waals surface area contributed by atoms with Gasteiger partial charge in [0.05, 0.1) is 31.6 Å². The number of nitrogens with one attached hydrogen (secondary N) is 1. The first-order valence-electron chi connectivity index (χ1n) is 11.5. The van der Waals surface area contributed by atoms with Crippen molar-refractivity contribution in [3.8, 4) is 17.1 Å². The summed E-state index contributed by atoms with van der Waals surface area (Å²) >= 11 is 20.0. The number of nitro benzene ring substituents is 1. The van der Waals surface area contributed by atoms with Crippen LogP contribution < -0.4 is 5.32 Å². The lowest BCUT2D eigenvalue weighted by Crippen LogP contribution is -2.23. The Bertz CT molecular complexity index is 1530. The number of amides is 1. The molecule has 0 fully saturated rings. The number of thioether (sulfide) groups is 1. The number of benzene rings is 3. The van der Waals surface area contributed by atoms with Gasteiger partial charge < -0.3 is 5.32 Å². The maximum absolute atomic E-state index is 13.1. The number of halogens is 3. The molecule has 1 aromatic heterocycles. The summed E-state index contributed by atoms with van der Waals surface area (Å²) in [7, 11) is 0. The summed E-state index contributed by atoms with van der Waals surface area (Å²) in [6, 6.07) is 16.9. The molecule has 1 amide bonds. The van der Waals surface area contributed by atoms with E-state index in [1.807, 2.05) is 28.8 Å². The second-order valence-electron chi connectivity index (χ2n) is 8.65. The Morgan fingerprint density at radius 2 is 1.74 bits per heavy atom. The molecule has 38 heavy (non-hydrogen) atoms. The third kappa shape index (κ3) is 5.96. The zero-order valence-corrected chi connectivity index (χ0v) is 23.6. The minimum Gasteiger partial charge on any atom is -0.324 e. The SMILES string of the molecule is CC(C)c1ccccc1-n1c(S[C@@H](C)C(=O)Nc2ccc([N+](=O)[O-])cc2Cl)nnc1-c1ccc(Cl)cc1Cl. The monoisotopic (exact) mass is 589 g/mol. The van der Waals surface area contributed by atoms with Crippen molar-refractivity contribution in [2.75, 3.05) is 5.32 Å². The van der Waals surface area contributed by atoms with Gasteiger partial charge in [0.25, 0.3) is 5.69 Å². The largest absolute Gasteiger partial charge is 0.324 e. The zero-order chi connectivity index (χ0) is 27.6. The molecule has 4 aromatic rings. The average Bonchev–Trinajstić information content (AvgIpc) is 3.27. The maximum atomic E-state index is 13.1. The van der Waals surface area contributed by atoms with E-state index in [4.69, 9.17) is 34.8 Å². The molecule has 0 spiro atoms. The highest BCUT2D eigenvalue weighted by molar-refractivity contribution is 8.00. The standard InChI is InChI=1S/C26H22Cl3N5O3S/c1-14(2)18-6-4-5-7-23(18)33-24(19-10-8-16(27)12-20(19)28)31-32-26(33)38-15(3)25(35)30-22-11-9-17(34(36)37)13-21(22)29/h4-15H,1-3H3,(H,30,35)/t15-/m0/s1. The number of aromatic nitrogens is 3. The third-order valence-electron chi connectivity index (χ3n) is 5.68. The third-order valence-corrected chi connectivity index (χ3v) is 7.58. The van der Waals surface area contributed by atoms with E-state index in [0.29, 0.717) is 26.6 Å². The van der Waals surface area contributed by atoms with Gasteiger partial charge in [-0.3, -0.25) is 19.5 Å². The van der Waals surface area contributed by atoms with E-state index >= 15 is 0 Å². The van der Waals surface area contributed by atoms with Crippen LogP contribution in [0.15, 0.2) is 65.8 Å². The number of rotatable bonds is 8. The van der Waals surface area contributed by atoms with Gasteiger partial charge in [-0.25, -0.2) is 0 Å². The van der Waals surface area contributed by atoms with E-state index in [1.54, 1.807) is 25.1 Å². The van der Waals surface area contributed by atoms with Crippen LogP contribution in [0.5, 0.6) is 0 Å². The highest BCUT2D eigenvalue weighted by Gasteiger charge is 2.25. The topological polar surface area (TPSA) is 103 Å². The second-order valence-corrected chi connectivity index (χ2v) is 11.2. The minimum atomic E-state index is -0.621. The van der Waals surface area contributed by atoms with Crippen molar-refractivity contribution < 1.29 is 9.72 Å². The molecule has 8 nitrogen and oxygen atoms in total. The Morgan fingerprint density at radius 1 is 1.00 bits per heavy atom. The maximum Gasteiger partial charge on any atom is 0.271 e. The molecule has 1 atom stereocenters. The fraction of sp³-hybridized carbons (Fsp3) is 0.192. The summed E-state index contributed by atoms with van der Waals surface area (Å²) in [5.74, 6) is 0.349. The van der Waals surface area contributed by atoms with Crippen LogP contribution in [-0.2, 0) is 4.79 Å². The van der Waals surface area contributed by atoms with Crippen LogP contribution in [0.3, 0.4) is 0 Å². The molecule has 0 radical (unpaired) electrons. The van der Waals surface area contributed by atoms with Crippen molar-refractivity contribution in [1.82, 2.24) is 14.8 Å². The number of para-hydroxylation sites is 1. The van der Waals surface area contributed by atoms with Crippen LogP contribution in [0.25, 0.3) is 17.1 Å². The molecule has 0 unspecified atom stereocenters. The Hall–Kier alpha value is -3.11. The molecular weight excluding hydrogens is 569 g/mol. The molecule has 0 aliphatic carbocycles. The fourth-order valence-corrected chi connectivity index (χ4v) is 5.33. The van der Waals surface area contributed by atoms with Crippen LogP contribution in [0, 0.1) is 10.1 Å². The summed E-state index contributed by atoms with van der Waals surface area (Å²) in [4.78, 5) is 23.5. The van der Waals surface area contributed by atoms with Gasteiger partial charge in [0, 0.05) is 22.7 Å². The highest BCUT2D eigenvalue weighted by atomic mass is 35.5. The first-order chi connectivity index (χ1) is 18.1. The second kappa shape index (κ2) is 11.7. The predicted molar refractivity (Wildman–Crippen MR) is 153 cm³/mol. The van der Waals surface area contributed by atoms with Crippen LogP contribution in [0.1, 0.15) is 32.3 Å². The lowest BCUT2D eigenvalue weighted by atomic mass is 10.0. The lowest BCUT2D eigenvalue weighted by Gasteiger charge is -2.18. The Morgan fingerprint density at radius 3 is 2.39 bits per heavy atom. The first kappa shape index (κ1) is 27.9. The molecule has 0 bridgehead atoms. The van der Waals surface area contributed by atoms with E-state index in [2.05, 4.69) is 29.4 Å². The zero-order valence-electron chi connectivity index (χ0n) is 20.5. The number of carbonyl (C=O) groups is 1. The number of anilines is 1. The lowest BCUT2D eigenvalue weighted by molar-refractivity contribution is -0.384.